The van der Waals surface area contributed by atoms with Crippen molar-refractivity contribution >= 4 is 45.8 Å². The van der Waals surface area contributed by atoms with E-state index in [1.807, 2.05) is 12.1 Å². The van der Waals surface area contributed by atoms with Crippen LogP contribution >= 0.6 is 45.8 Å². The first kappa shape index (κ1) is 10.2. The molecule has 0 aliphatic carbocycles. The number of nitrogens with zero attached hydrogens (tertiary/aromatic N) is 2. The molecule has 0 saturated heterocycles. The van der Waals surface area contributed by atoms with Crippen molar-refractivity contribution in [2.24, 2.45) is 0 Å². The largest absolute Gasteiger partial charge is 0.333 e. The molecule has 0 aliphatic heterocycles. The van der Waals surface area contributed by atoms with E-state index in [4.69, 9.17) is 27.7 Å². The summed E-state index contributed by atoms with van der Waals surface area (Å²) in [6, 6.07) is 5.47. The number of halogens is 3. The number of hydrogen-bond donors (Lipinski definition) is 0. The second kappa shape index (κ2) is 4.04. The number of rotatable bonds is 1. The molecule has 0 atom stereocenters. The molecule has 1 aromatic carbocycles. The van der Waals surface area contributed by atoms with Gasteiger partial charge in [0.1, 0.15) is 0 Å². The van der Waals surface area contributed by atoms with E-state index < -0.39 is 0 Å². The van der Waals surface area contributed by atoms with E-state index >= 15 is 0 Å². The molecule has 0 spiro atoms. The lowest BCUT2D eigenvalue weighted by Crippen LogP contribution is -1.79. The summed E-state index contributed by atoms with van der Waals surface area (Å²) in [6.07, 6.45) is 0. The third-order valence-electron chi connectivity index (χ3n) is 1.57. The van der Waals surface area contributed by atoms with Crippen molar-refractivity contribution in [3.05, 3.63) is 32.1 Å². The Morgan fingerprint density at radius 1 is 1.29 bits per heavy atom. The molecule has 0 aliphatic rings. The molecular formula is C8H3Cl2IN2O. The minimum absolute atomic E-state index is 0.0923. The van der Waals surface area contributed by atoms with Gasteiger partial charge in [-0.25, -0.2) is 0 Å². The van der Waals surface area contributed by atoms with E-state index in [0.29, 0.717) is 10.9 Å². The van der Waals surface area contributed by atoms with Gasteiger partial charge in [0.15, 0.2) is 0 Å². The van der Waals surface area contributed by atoms with Crippen molar-refractivity contribution < 1.29 is 4.52 Å². The van der Waals surface area contributed by atoms with Crippen LogP contribution in [0.3, 0.4) is 0 Å². The highest BCUT2D eigenvalue weighted by Gasteiger charge is 2.08. The van der Waals surface area contributed by atoms with Crippen LogP contribution in [0.15, 0.2) is 22.7 Å². The lowest BCUT2D eigenvalue weighted by molar-refractivity contribution is 0.430. The summed E-state index contributed by atoms with van der Waals surface area (Å²) < 4.78 is 5.86. The SMILES string of the molecule is Clc1noc(-c2ccc(I)c(Cl)c2)n1. The Hall–Kier alpha value is -0.330. The average molecular weight is 341 g/mol. The maximum Gasteiger partial charge on any atom is 0.264 e. The van der Waals surface area contributed by atoms with Crippen LogP contribution in [-0.4, -0.2) is 10.1 Å². The summed E-state index contributed by atoms with van der Waals surface area (Å²) in [5.74, 6) is 0.369. The molecule has 0 bridgehead atoms. The first-order chi connectivity index (χ1) is 6.66. The van der Waals surface area contributed by atoms with Crippen molar-refractivity contribution in [2.45, 2.75) is 0 Å². The van der Waals surface area contributed by atoms with E-state index in [1.54, 1.807) is 6.07 Å². The molecule has 0 saturated carbocycles. The molecule has 2 aromatic rings. The lowest BCUT2D eigenvalue weighted by Gasteiger charge is -1.97. The molecule has 2 rings (SSSR count). The average Bonchev–Trinajstić information content (AvgIpc) is 2.57. The third-order valence-corrected chi connectivity index (χ3v) is 3.29. The van der Waals surface area contributed by atoms with Crippen molar-refractivity contribution in [3.63, 3.8) is 0 Å². The molecule has 0 amide bonds. The second-order valence-corrected chi connectivity index (χ2v) is 4.40. The minimum atomic E-state index is 0.0923. The Morgan fingerprint density at radius 2 is 2.07 bits per heavy atom. The smallest absolute Gasteiger partial charge is 0.264 e. The zero-order chi connectivity index (χ0) is 10.1. The highest BCUT2D eigenvalue weighted by Crippen LogP contribution is 2.25. The van der Waals surface area contributed by atoms with Crippen molar-refractivity contribution in [1.82, 2.24) is 10.1 Å². The Balaban J connectivity index is 2.47. The van der Waals surface area contributed by atoms with Crippen LogP contribution in [0.5, 0.6) is 0 Å². The molecule has 0 radical (unpaired) electrons. The molecule has 0 unspecified atom stereocenters. The van der Waals surface area contributed by atoms with E-state index in [-0.39, 0.29) is 5.28 Å². The predicted molar refractivity (Wildman–Crippen MR) is 62.5 cm³/mol. The number of hydrogen-bond acceptors (Lipinski definition) is 3. The van der Waals surface area contributed by atoms with Gasteiger partial charge in [0.25, 0.3) is 11.2 Å². The van der Waals surface area contributed by atoms with Gasteiger partial charge in [-0.2, -0.15) is 4.98 Å². The monoisotopic (exact) mass is 340 g/mol. The van der Waals surface area contributed by atoms with E-state index in [0.717, 1.165) is 9.13 Å². The first-order valence-corrected chi connectivity index (χ1v) is 5.45. The van der Waals surface area contributed by atoms with Crippen LogP contribution in [0.4, 0.5) is 0 Å². The predicted octanol–water partition coefficient (Wildman–Crippen LogP) is 3.65. The van der Waals surface area contributed by atoms with Crippen LogP contribution in [-0.2, 0) is 0 Å². The topological polar surface area (TPSA) is 38.9 Å². The standard InChI is InChI=1S/C8H3Cl2IN2O/c9-5-3-4(1-2-6(5)11)7-12-8(10)13-14-7/h1-3H. The van der Waals surface area contributed by atoms with Crippen LogP contribution in [0, 0.1) is 3.57 Å². The van der Waals surface area contributed by atoms with Gasteiger partial charge in [-0.15, -0.1) is 0 Å². The van der Waals surface area contributed by atoms with Crippen LogP contribution < -0.4 is 0 Å². The molecule has 72 valence electrons. The van der Waals surface area contributed by atoms with E-state index in [1.165, 1.54) is 0 Å². The second-order valence-electron chi connectivity index (χ2n) is 2.50. The fourth-order valence-corrected chi connectivity index (χ4v) is 1.58. The molecule has 1 aromatic heterocycles. The summed E-state index contributed by atoms with van der Waals surface area (Å²) in [7, 11) is 0. The van der Waals surface area contributed by atoms with Gasteiger partial charge < -0.3 is 4.52 Å². The molecule has 0 N–H and O–H groups in total. The van der Waals surface area contributed by atoms with Gasteiger partial charge in [0.2, 0.25) is 0 Å². The zero-order valence-electron chi connectivity index (χ0n) is 6.67. The summed E-state index contributed by atoms with van der Waals surface area (Å²) in [5.41, 5.74) is 0.759. The van der Waals surface area contributed by atoms with Gasteiger partial charge in [0.05, 0.1) is 5.02 Å². The fourth-order valence-electron chi connectivity index (χ4n) is 0.952. The van der Waals surface area contributed by atoms with Crippen molar-refractivity contribution in [3.8, 4) is 11.5 Å². The first-order valence-electron chi connectivity index (χ1n) is 3.61. The van der Waals surface area contributed by atoms with Crippen LogP contribution in [0.25, 0.3) is 11.5 Å². The number of aromatic nitrogens is 2. The summed E-state index contributed by atoms with van der Waals surface area (Å²) >= 11 is 13.6. The van der Waals surface area contributed by atoms with Crippen molar-refractivity contribution in [1.29, 1.82) is 0 Å². The molecule has 6 heteroatoms. The Kier molecular flexibility index (Phi) is 2.94. The highest BCUT2D eigenvalue weighted by atomic mass is 127. The van der Waals surface area contributed by atoms with E-state index in [2.05, 4.69) is 32.7 Å². The Labute approximate surface area is 104 Å². The van der Waals surface area contributed by atoms with Gasteiger partial charge in [-0.3, -0.25) is 0 Å². The van der Waals surface area contributed by atoms with Crippen LogP contribution in [0.2, 0.25) is 10.3 Å². The number of benzene rings is 1. The molecule has 0 fully saturated rings. The zero-order valence-corrected chi connectivity index (χ0v) is 10.3. The van der Waals surface area contributed by atoms with Crippen LogP contribution in [0.1, 0.15) is 0 Å². The molecular weight excluding hydrogens is 338 g/mol. The lowest BCUT2D eigenvalue weighted by atomic mass is 10.2. The highest BCUT2D eigenvalue weighted by molar-refractivity contribution is 14.1. The Morgan fingerprint density at radius 3 is 2.64 bits per heavy atom. The van der Waals surface area contributed by atoms with Gasteiger partial charge >= 0.3 is 0 Å². The normalized spacial score (nSPS) is 10.5. The Bertz CT molecular complexity index is 472. The molecule has 1 heterocycles. The van der Waals surface area contributed by atoms with Gasteiger partial charge in [-0.05, 0) is 57.5 Å². The summed E-state index contributed by atoms with van der Waals surface area (Å²) in [6.45, 7) is 0. The molecule has 3 nitrogen and oxygen atoms in total. The summed E-state index contributed by atoms with van der Waals surface area (Å²) in [4.78, 5) is 3.88. The van der Waals surface area contributed by atoms with E-state index in [9.17, 15) is 0 Å². The third kappa shape index (κ3) is 2.02. The maximum atomic E-state index is 5.94. The fraction of sp³-hybridized carbons (Fsp3) is 0. The summed E-state index contributed by atoms with van der Waals surface area (Å²) in [5, 5.41) is 4.22. The quantitative estimate of drug-likeness (QED) is 0.744. The molecule has 14 heavy (non-hydrogen) atoms. The van der Waals surface area contributed by atoms with Crippen molar-refractivity contribution in [2.75, 3.05) is 0 Å². The van der Waals surface area contributed by atoms with Gasteiger partial charge in [0, 0.05) is 9.13 Å². The maximum absolute atomic E-state index is 5.94. The minimum Gasteiger partial charge on any atom is -0.333 e. The van der Waals surface area contributed by atoms with Gasteiger partial charge in [-0.1, -0.05) is 11.6 Å².